The Morgan fingerprint density at radius 2 is 0.892 bits per heavy atom. The Balaban J connectivity index is 1.86. The molecule has 7 aromatic rings. The summed E-state index contributed by atoms with van der Waals surface area (Å²) in [6.07, 6.45) is 0. The van der Waals surface area contributed by atoms with E-state index in [1.807, 2.05) is 48.5 Å². The summed E-state index contributed by atoms with van der Waals surface area (Å²) >= 11 is 0. The molecule has 0 radical (unpaired) electrons. The molecule has 5 heteroatoms. The lowest BCUT2D eigenvalue weighted by atomic mass is 9.89. The van der Waals surface area contributed by atoms with Gasteiger partial charge in [0.05, 0.1) is 38.8 Å². The molecule has 0 aliphatic carbocycles. The average molecular weight is 467 g/mol. The molecule has 0 aliphatic heterocycles. The predicted molar refractivity (Wildman–Crippen MR) is 144 cm³/mol. The van der Waals surface area contributed by atoms with Gasteiger partial charge in [0.1, 0.15) is 24.3 Å². The Hall–Kier alpha value is -5.88. The molecule has 2 heterocycles. The second kappa shape index (κ2) is 7.31. The number of pyridine rings is 1. The molecule has 0 amide bonds. The Labute approximate surface area is 210 Å². The molecule has 0 spiro atoms. The fourth-order valence-electron chi connectivity index (χ4n) is 5.67. The van der Waals surface area contributed by atoms with Crippen LogP contribution >= 0.6 is 0 Å². The average Bonchev–Trinajstić information content (AvgIpc) is 3.34. The maximum absolute atomic E-state index is 10.0. The van der Waals surface area contributed by atoms with Gasteiger partial charge in [0, 0.05) is 26.9 Å². The number of nitriles is 4. The van der Waals surface area contributed by atoms with E-state index < -0.39 is 0 Å². The number of rotatable bonds is 0. The van der Waals surface area contributed by atoms with Crippen molar-refractivity contribution in [3.63, 3.8) is 0 Å². The second-order valence-corrected chi connectivity index (χ2v) is 9.03. The van der Waals surface area contributed by atoms with E-state index in [2.05, 4.69) is 59.0 Å². The molecule has 0 saturated heterocycles. The number of aromatic nitrogens is 1. The first-order chi connectivity index (χ1) is 18.2. The Morgan fingerprint density at radius 3 is 1.51 bits per heavy atom. The summed E-state index contributed by atoms with van der Waals surface area (Å²) in [5, 5.41) is 46.9. The molecule has 2 aromatic heterocycles. The van der Waals surface area contributed by atoms with Crippen LogP contribution in [0.4, 0.5) is 0 Å². The Morgan fingerprint density at radius 1 is 0.405 bits per heavy atom. The van der Waals surface area contributed by atoms with E-state index in [0.717, 1.165) is 48.9 Å². The largest absolute Gasteiger partial charge is 0.309 e. The molecular formula is C32H13N5. The third-order valence-electron chi connectivity index (χ3n) is 7.28. The second-order valence-electron chi connectivity index (χ2n) is 9.03. The monoisotopic (exact) mass is 467 g/mol. The lowest BCUT2D eigenvalue weighted by Gasteiger charge is -2.15. The van der Waals surface area contributed by atoms with Crippen LogP contribution in [0.5, 0.6) is 0 Å². The van der Waals surface area contributed by atoms with Crippen molar-refractivity contribution in [2.24, 2.45) is 0 Å². The van der Waals surface area contributed by atoms with E-state index in [-0.39, 0.29) is 22.3 Å². The number of fused-ring (bicyclic) bond motifs is 10. The minimum atomic E-state index is -0.0613. The van der Waals surface area contributed by atoms with Gasteiger partial charge >= 0.3 is 0 Å². The van der Waals surface area contributed by atoms with Crippen molar-refractivity contribution in [1.29, 1.82) is 21.0 Å². The van der Waals surface area contributed by atoms with Crippen LogP contribution < -0.4 is 0 Å². The van der Waals surface area contributed by atoms with E-state index in [4.69, 9.17) is 0 Å². The first kappa shape index (κ1) is 20.5. The van der Waals surface area contributed by atoms with E-state index in [1.54, 1.807) is 0 Å². The van der Waals surface area contributed by atoms with E-state index in [1.165, 1.54) is 0 Å². The number of hydrogen-bond acceptors (Lipinski definition) is 4. The zero-order valence-corrected chi connectivity index (χ0v) is 19.2. The molecular weight excluding hydrogens is 454 g/mol. The van der Waals surface area contributed by atoms with Gasteiger partial charge in [-0.15, -0.1) is 0 Å². The van der Waals surface area contributed by atoms with Crippen LogP contribution in [0, 0.1) is 45.3 Å². The normalized spacial score (nSPS) is 11.1. The molecule has 37 heavy (non-hydrogen) atoms. The third-order valence-corrected chi connectivity index (χ3v) is 7.28. The third kappa shape index (κ3) is 2.58. The quantitative estimate of drug-likeness (QED) is 0.174. The molecule has 0 unspecified atom stereocenters. The number of para-hydroxylation sites is 1. The minimum absolute atomic E-state index is 0.0596. The van der Waals surface area contributed by atoms with Crippen molar-refractivity contribution in [3.8, 4) is 24.3 Å². The predicted octanol–water partition coefficient (Wildman–Crippen LogP) is 7.19. The number of hydrogen-bond donors (Lipinski definition) is 0. The van der Waals surface area contributed by atoms with E-state index in [0.29, 0.717) is 10.8 Å². The van der Waals surface area contributed by atoms with Crippen LogP contribution in [0.3, 0.4) is 0 Å². The van der Waals surface area contributed by atoms with E-state index in [9.17, 15) is 21.0 Å². The molecule has 5 nitrogen and oxygen atoms in total. The van der Waals surface area contributed by atoms with Crippen LogP contribution in [0.2, 0.25) is 0 Å². The van der Waals surface area contributed by atoms with Gasteiger partial charge in [-0.2, -0.15) is 21.0 Å². The summed E-state index contributed by atoms with van der Waals surface area (Å²) in [5.41, 5.74) is 3.01. The first-order valence-electron chi connectivity index (χ1n) is 11.6. The van der Waals surface area contributed by atoms with E-state index >= 15 is 0 Å². The number of nitrogens with zero attached hydrogens (tertiary/aromatic N) is 5. The zero-order chi connectivity index (χ0) is 25.3. The molecule has 0 N–H and O–H groups in total. The van der Waals surface area contributed by atoms with Crippen molar-refractivity contribution in [2.75, 3.05) is 0 Å². The van der Waals surface area contributed by atoms with Gasteiger partial charge in [-0.05, 0) is 52.6 Å². The standard InChI is InChI=1S/C32H13N5/c33-14-26-22-12-25-21-9-18-5-1-2-6-19(18)10-24(21)31-11-20-7-3-4-8-30(20)37(31)32(25)13-23(22)27(15-34)29(17-36)28(26)16-35/h1-13H. The molecule has 5 aromatic carbocycles. The summed E-state index contributed by atoms with van der Waals surface area (Å²) in [5.74, 6) is 0. The topological polar surface area (TPSA) is 99.6 Å². The maximum atomic E-state index is 10.0. The fourth-order valence-corrected chi connectivity index (χ4v) is 5.67. The summed E-state index contributed by atoms with van der Waals surface area (Å²) in [4.78, 5) is 0. The molecule has 0 atom stereocenters. The first-order valence-corrected chi connectivity index (χ1v) is 11.6. The zero-order valence-electron chi connectivity index (χ0n) is 19.2. The van der Waals surface area contributed by atoms with Crippen LogP contribution in [0.15, 0.2) is 78.9 Å². The van der Waals surface area contributed by atoms with Gasteiger partial charge in [0.2, 0.25) is 0 Å². The maximum Gasteiger partial charge on any atom is 0.102 e. The SMILES string of the molecule is N#Cc1c(C#N)c(C#N)c2cc3c(cc2c1C#N)c1cc2ccccc2cc1c1cc2ccccc2n13. The molecule has 0 bridgehead atoms. The Bertz CT molecular complexity index is 2350. The fraction of sp³-hybridized carbons (Fsp3) is 0. The van der Waals surface area contributed by atoms with Gasteiger partial charge < -0.3 is 4.40 Å². The highest BCUT2D eigenvalue weighted by atomic mass is 14.9. The van der Waals surface area contributed by atoms with Crippen LogP contribution in [0.25, 0.3) is 59.6 Å². The van der Waals surface area contributed by atoms with Gasteiger partial charge in [0.25, 0.3) is 0 Å². The van der Waals surface area contributed by atoms with Crippen molar-refractivity contribution < 1.29 is 0 Å². The van der Waals surface area contributed by atoms with Gasteiger partial charge in [-0.25, -0.2) is 0 Å². The van der Waals surface area contributed by atoms with Crippen LogP contribution in [-0.4, -0.2) is 4.40 Å². The molecule has 7 rings (SSSR count). The van der Waals surface area contributed by atoms with Crippen LogP contribution in [0.1, 0.15) is 22.3 Å². The lowest BCUT2D eigenvalue weighted by Crippen LogP contribution is -1.99. The lowest BCUT2D eigenvalue weighted by molar-refractivity contribution is 1.35. The van der Waals surface area contributed by atoms with Crippen molar-refractivity contribution in [3.05, 3.63) is 101 Å². The summed E-state index contributed by atoms with van der Waals surface area (Å²) < 4.78 is 2.18. The van der Waals surface area contributed by atoms with Crippen molar-refractivity contribution in [1.82, 2.24) is 4.40 Å². The minimum Gasteiger partial charge on any atom is -0.309 e. The van der Waals surface area contributed by atoms with Crippen molar-refractivity contribution >= 4 is 59.6 Å². The van der Waals surface area contributed by atoms with Crippen molar-refractivity contribution in [2.45, 2.75) is 0 Å². The molecule has 0 saturated carbocycles. The molecule has 0 aliphatic rings. The molecule has 166 valence electrons. The van der Waals surface area contributed by atoms with Gasteiger partial charge in [0.15, 0.2) is 0 Å². The summed E-state index contributed by atoms with van der Waals surface area (Å²) in [6.45, 7) is 0. The molecule has 0 fully saturated rings. The summed E-state index contributed by atoms with van der Waals surface area (Å²) in [7, 11) is 0. The Kier molecular flexibility index (Phi) is 4.05. The highest BCUT2D eigenvalue weighted by Crippen LogP contribution is 2.40. The highest BCUT2D eigenvalue weighted by Gasteiger charge is 2.22. The van der Waals surface area contributed by atoms with Gasteiger partial charge in [-0.3, -0.25) is 0 Å². The summed E-state index contributed by atoms with van der Waals surface area (Å²) in [6, 6.07) is 34.9. The number of benzene rings is 5. The highest BCUT2D eigenvalue weighted by molar-refractivity contribution is 6.21. The van der Waals surface area contributed by atoms with Crippen LogP contribution in [-0.2, 0) is 0 Å². The van der Waals surface area contributed by atoms with Gasteiger partial charge in [-0.1, -0.05) is 42.5 Å². The smallest absolute Gasteiger partial charge is 0.102 e.